The van der Waals surface area contributed by atoms with Crippen LogP contribution < -0.4 is 5.32 Å². The number of rotatable bonds is 8. The van der Waals surface area contributed by atoms with Gasteiger partial charge in [0.15, 0.2) is 0 Å². The Labute approximate surface area is 130 Å². The molecule has 1 aromatic heterocycles. The van der Waals surface area contributed by atoms with Crippen LogP contribution in [0.2, 0.25) is 0 Å². The number of nitrogens with one attached hydrogen (secondary N) is 1. The van der Waals surface area contributed by atoms with Gasteiger partial charge in [0.05, 0.1) is 5.69 Å². The summed E-state index contributed by atoms with van der Waals surface area (Å²) in [5.74, 6) is 0.723. The number of nitrogens with zero attached hydrogens (tertiary/aromatic N) is 3. The summed E-state index contributed by atoms with van der Waals surface area (Å²) in [7, 11) is 4.34. The quantitative estimate of drug-likeness (QED) is 0.799. The molecule has 1 heterocycles. The van der Waals surface area contributed by atoms with Crippen LogP contribution in [0.1, 0.15) is 57.1 Å². The van der Waals surface area contributed by atoms with Gasteiger partial charge in [-0.25, -0.2) is 0 Å². The van der Waals surface area contributed by atoms with Crippen LogP contribution in [0.3, 0.4) is 0 Å². The molecule has 21 heavy (non-hydrogen) atoms. The minimum atomic E-state index is 0.347. The van der Waals surface area contributed by atoms with Crippen LogP contribution in [0.15, 0.2) is 0 Å². The first-order valence-electron chi connectivity index (χ1n) is 8.21. The maximum absolute atomic E-state index is 4.63. The number of likely N-dealkylation sites (N-methyl/N-ethyl adjacent to an activating group) is 1. The van der Waals surface area contributed by atoms with Gasteiger partial charge in [0.1, 0.15) is 0 Å². The summed E-state index contributed by atoms with van der Waals surface area (Å²) in [5.41, 5.74) is 3.80. The third kappa shape index (κ3) is 4.82. The second-order valence-corrected chi connectivity index (χ2v) is 6.78. The van der Waals surface area contributed by atoms with Gasteiger partial charge in [0, 0.05) is 36.4 Å². The van der Waals surface area contributed by atoms with E-state index in [0.717, 1.165) is 24.7 Å². The van der Waals surface area contributed by atoms with Crippen molar-refractivity contribution >= 4 is 0 Å². The Hall–Kier alpha value is -0.870. The van der Waals surface area contributed by atoms with E-state index in [2.05, 4.69) is 75.6 Å². The molecule has 0 radical (unpaired) electrons. The molecule has 1 N–H and O–H groups in total. The van der Waals surface area contributed by atoms with Crippen LogP contribution in [-0.4, -0.2) is 41.4 Å². The molecule has 0 bridgehead atoms. The Morgan fingerprint density at radius 3 is 2.24 bits per heavy atom. The standard InChI is InChI=1S/C17H34N4/c1-9-21-15(6)17(14(5)19-21)13(4)18-11-16(20(7)8)10-12(2)3/h12-13,16,18H,9-11H2,1-8H3. The zero-order chi connectivity index (χ0) is 16.2. The van der Waals surface area contributed by atoms with Crippen molar-refractivity contribution in [3.63, 3.8) is 0 Å². The number of aryl methyl sites for hydroxylation is 2. The van der Waals surface area contributed by atoms with Crippen LogP contribution in [0.4, 0.5) is 0 Å². The molecule has 1 rings (SSSR count). The molecule has 0 aromatic carbocycles. The molecule has 0 fully saturated rings. The highest BCUT2D eigenvalue weighted by molar-refractivity contribution is 5.27. The van der Waals surface area contributed by atoms with Gasteiger partial charge in [0.2, 0.25) is 0 Å². The first-order valence-corrected chi connectivity index (χ1v) is 8.21. The molecule has 0 aliphatic rings. The SMILES string of the molecule is CCn1nc(C)c(C(C)NCC(CC(C)C)N(C)C)c1C. The highest BCUT2D eigenvalue weighted by Gasteiger charge is 2.19. The lowest BCUT2D eigenvalue weighted by molar-refractivity contribution is 0.242. The second kappa shape index (κ2) is 7.95. The summed E-state index contributed by atoms with van der Waals surface area (Å²) in [6.45, 7) is 15.2. The fourth-order valence-corrected chi connectivity index (χ4v) is 3.08. The van der Waals surface area contributed by atoms with Crippen molar-refractivity contribution in [2.75, 3.05) is 20.6 Å². The second-order valence-electron chi connectivity index (χ2n) is 6.78. The summed E-state index contributed by atoms with van der Waals surface area (Å²) >= 11 is 0. The van der Waals surface area contributed by atoms with Gasteiger partial charge in [-0.2, -0.15) is 5.10 Å². The van der Waals surface area contributed by atoms with E-state index < -0.39 is 0 Å². The first kappa shape index (κ1) is 18.2. The predicted molar refractivity (Wildman–Crippen MR) is 90.7 cm³/mol. The van der Waals surface area contributed by atoms with E-state index in [4.69, 9.17) is 0 Å². The summed E-state index contributed by atoms with van der Waals surface area (Å²) < 4.78 is 2.10. The van der Waals surface area contributed by atoms with Crippen LogP contribution in [0.5, 0.6) is 0 Å². The van der Waals surface area contributed by atoms with Crippen LogP contribution >= 0.6 is 0 Å². The van der Waals surface area contributed by atoms with E-state index in [0.29, 0.717) is 12.1 Å². The lowest BCUT2D eigenvalue weighted by Gasteiger charge is -2.28. The molecular formula is C17H34N4. The Balaban J connectivity index is 2.72. The average Bonchev–Trinajstić information content (AvgIpc) is 2.68. The normalized spacial score (nSPS) is 15.0. The summed E-state index contributed by atoms with van der Waals surface area (Å²) in [6, 6.07) is 0.925. The minimum absolute atomic E-state index is 0.347. The largest absolute Gasteiger partial charge is 0.309 e. The highest BCUT2D eigenvalue weighted by atomic mass is 15.3. The highest BCUT2D eigenvalue weighted by Crippen LogP contribution is 2.21. The molecule has 0 aliphatic heterocycles. The molecule has 2 atom stereocenters. The Morgan fingerprint density at radius 1 is 1.19 bits per heavy atom. The fraction of sp³-hybridized carbons (Fsp3) is 0.824. The lowest BCUT2D eigenvalue weighted by Crippen LogP contribution is -2.39. The Morgan fingerprint density at radius 2 is 1.81 bits per heavy atom. The van der Waals surface area contributed by atoms with Gasteiger partial charge in [-0.05, 0) is 54.1 Å². The van der Waals surface area contributed by atoms with Crippen molar-refractivity contribution in [1.29, 1.82) is 0 Å². The van der Waals surface area contributed by atoms with Gasteiger partial charge in [0.25, 0.3) is 0 Å². The van der Waals surface area contributed by atoms with E-state index in [1.54, 1.807) is 0 Å². The molecular weight excluding hydrogens is 260 g/mol. The van der Waals surface area contributed by atoms with Gasteiger partial charge >= 0.3 is 0 Å². The third-order valence-corrected chi connectivity index (χ3v) is 4.30. The molecule has 1 aromatic rings. The molecule has 0 spiro atoms. The van der Waals surface area contributed by atoms with Crippen LogP contribution in [0, 0.1) is 19.8 Å². The zero-order valence-electron chi connectivity index (χ0n) is 15.2. The summed E-state index contributed by atoms with van der Waals surface area (Å²) in [4.78, 5) is 2.33. The van der Waals surface area contributed by atoms with Crippen molar-refractivity contribution < 1.29 is 0 Å². The van der Waals surface area contributed by atoms with Crippen molar-refractivity contribution in [3.05, 3.63) is 17.0 Å². The molecule has 0 aliphatic carbocycles. The summed E-state index contributed by atoms with van der Waals surface area (Å²) in [6.07, 6.45) is 1.22. The van der Waals surface area contributed by atoms with Gasteiger partial charge in [-0.3, -0.25) is 4.68 Å². The molecule has 122 valence electrons. The van der Waals surface area contributed by atoms with Crippen LogP contribution in [0.25, 0.3) is 0 Å². The van der Waals surface area contributed by atoms with Crippen molar-refractivity contribution in [2.45, 2.75) is 66.6 Å². The number of aromatic nitrogens is 2. The number of hydrogen-bond donors (Lipinski definition) is 1. The molecule has 0 amide bonds. The van der Waals surface area contributed by atoms with E-state index in [9.17, 15) is 0 Å². The smallest absolute Gasteiger partial charge is 0.0644 e. The molecule has 4 nitrogen and oxygen atoms in total. The summed E-state index contributed by atoms with van der Waals surface area (Å²) in [5, 5.41) is 8.34. The van der Waals surface area contributed by atoms with Gasteiger partial charge < -0.3 is 10.2 Å². The van der Waals surface area contributed by atoms with Gasteiger partial charge in [-0.1, -0.05) is 13.8 Å². The lowest BCUT2D eigenvalue weighted by atomic mass is 10.0. The monoisotopic (exact) mass is 294 g/mol. The van der Waals surface area contributed by atoms with E-state index in [1.807, 2.05) is 0 Å². The average molecular weight is 294 g/mol. The van der Waals surface area contributed by atoms with Crippen molar-refractivity contribution in [2.24, 2.45) is 5.92 Å². The maximum Gasteiger partial charge on any atom is 0.0644 e. The zero-order valence-corrected chi connectivity index (χ0v) is 15.2. The first-order chi connectivity index (χ1) is 9.77. The molecule has 4 heteroatoms. The maximum atomic E-state index is 4.63. The van der Waals surface area contributed by atoms with E-state index >= 15 is 0 Å². The number of hydrogen-bond acceptors (Lipinski definition) is 3. The molecule has 0 saturated carbocycles. The molecule has 2 unspecified atom stereocenters. The van der Waals surface area contributed by atoms with Crippen LogP contribution in [-0.2, 0) is 6.54 Å². The Bertz CT molecular complexity index is 434. The topological polar surface area (TPSA) is 33.1 Å². The molecule has 0 saturated heterocycles. The van der Waals surface area contributed by atoms with E-state index in [-0.39, 0.29) is 0 Å². The fourth-order valence-electron chi connectivity index (χ4n) is 3.08. The third-order valence-electron chi connectivity index (χ3n) is 4.30. The predicted octanol–water partition coefficient (Wildman–Crippen LogP) is 3.15. The van der Waals surface area contributed by atoms with Crippen molar-refractivity contribution in [1.82, 2.24) is 20.0 Å². The van der Waals surface area contributed by atoms with E-state index in [1.165, 1.54) is 17.7 Å². The van der Waals surface area contributed by atoms with Gasteiger partial charge in [-0.15, -0.1) is 0 Å². The van der Waals surface area contributed by atoms with Crippen molar-refractivity contribution in [3.8, 4) is 0 Å². The Kier molecular flexibility index (Phi) is 6.88. The minimum Gasteiger partial charge on any atom is -0.309 e.